The van der Waals surface area contributed by atoms with Crippen molar-refractivity contribution < 1.29 is 0 Å². The van der Waals surface area contributed by atoms with E-state index in [1.54, 1.807) is 0 Å². The molecule has 0 bridgehead atoms. The van der Waals surface area contributed by atoms with Gasteiger partial charge in [-0.15, -0.1) is 0 Å². The first-order valence-electron chi connectivity index (χ1n) is 6.32. The molecule has 90 valence electrons. The molecule has 0 aliphatic rings. The van der Waals surface area contributed by atoms with Crippen LogP contribution < -0.4 is 5.32 Å². The van der Waals surface area contributed by atoms with Gasteiger partial charge in [0.15, 0.2) is 0 Å². The average Bonchev–Trinajstić information content (AvgIpc) is 2.21. The molecule has 1 nitrogen and oxygen atoms in total. The molecule has 1 N–H and O–H groups in total. The summed E-state index contributed by atoms with van der Waals surface area (Å²) in [6.07, 6.45) is 3.65. The fourth-order valence-corrected chi connectivity index (χ4v) is 2.48. The summed E-state index contributed by atoms with van der Waals surface area (Å²) in [4.78, 5) is 0. The largest absolute Gasteiger partial charge is 0.317 e. The number of benzene rings is 1. The topological polar surface area (TPSA) is 12.0 Å². The minimum atomic E-state index is 0.616. The molecule has 0 radical (unpaired) electrons. The quantitative estimate of drug-likeness (QED) is 0.798. The first-order chi connectivity index (χ1) is 7.58. The van der Waals surface area contributed by atoms with E-state index >= 15 is 0 Å². The summed E-state index contributed by atoms with van der Waals surface area (Å²) < 4.78 is 0. The van der Waals surface area contributed by atoms with Gasteiger partial charge >= 0.3 is 0 Å². The zero-order valence-corrected chi connectivity index (χ0v) is 11.4. The minimum Gasteiger partial charge on any atom is -0.317 e. The molecule has 1 aromatic carbocycles. The third kappa shape index (κ3) is 3.34. The normalized spacial score (nSPS) is 12.8. The fourth-order valence-electron chi connectivity index (χ4n) is 2.48. The van der Waals surface area contributed by atoms with Gasteiger partial charge in [0.05, 0.1) is 0 Å². The van der Waals surface area contributed by atoms with Gasteiger partial charge in [-0.3, -0.25) is 0 Å². The standard InChI is InChI=1S/C15H25N/c1-6-7-14(16-5)10-15-12(3)8-11(2)9-13(15)4/h8-9,14,16H,6-7,10H2,1-5H3. The molecule has 1 rings (SSSR count). The lowest BCUT2D eigenvalue weighted by Gasteiger charge is -2.19. The molecule has 0 saturated carbocycles. The summed E-state index contributed by atoms with van der Waals surface area (Å²) in [6.45, 7) is 8.88. The second kappa shape index (κ2) is 6.05. The molecule has 0 aliphatic heterocycles. The SMILES string of the molecule is CCCC(Cc1c(C)cc(C)cc1C)NC. The molecule has 0 saturated heterocycles. The van der Waals surface area contributed by atoms with Gasteiger partial charge in [0, 0.05) is 6.04 Å². The van der Waals surface area contributed by atoms with Crippen LogP contribution in [-0.4, -0.2) is 13.1 Å². The Hall–Kier alpha value is -0.820. The van der Waals surface area contributed by atoms with Crippen LogP contribution in [0.15, 0.2) is 12.1 Å². The molecule has 0 amide bonds. The summed E-state index contributed by atoms with van der Waals surface area (Å²) in [5.74, 6) is 0. The molecule has 0 spiro atoms. The molecule has 0 fully saturated rings. The van der Waals surface area contributed by atoms with Gasteiger partial charge in [-0.05, 0) is 57.4 Å². The summed E-state index contributed by atoms with van der Waals surface area (Å²) in [5.41, 5.74) is 5.77. The Morgan fingerprint density at radius 1 is 1.12 bits per heavy atom. The van der Waals surface area contributed by atoms with E-state index in [2.05, 4.69) is 52.2 Å². The molecule has 0 aliphatic carbocycles. The second-order valence-electron chi connectivity index (χ2n) is 4.86. The van der Waals surface area contributed by atoms with Crippen molar-refractivity contribution in [3.63, 3.8) is 0 Å². The van der Waals surface area contributed by atoms with E-state index in [-0.39, 0.29) is 0 Å². The molecule has 1 aromatic rings. The number of aryl methyl sites for hydroxylation is 3. The third-order valence-corrected chi connectivity index (χ3v) is 3.34. The van der Waals surface area contributed by atoms with E-state index in [1.165, 1.54) is 35.1 Å². The maximum atomic E-state index is 3.42. The number of hydrogen-bond donors (Lipinski definition) is 1. The Bertz CT molecular complexity index is 318. The van der Waals surface area contributed by atoms with E-state index in [1.807, 2.05) is 0 Å². The summed E-state index contributed by atoms with van der Waals surface area (Å²) >= 11 is 0. The van der Waals surface area contributed by atoms with Crippen molar-refractivity contribution in [1.82, 2.24) is 5.32 Å². The zero-order chi connectivity index (χ0) is 12.1. The maximum Gasteiger partial charge on any atom is 0.0105 e. The molecular formula is C15H25N. The van der Waals surface area contributed by atoms with Gasteiger partial charge in [0.2, 0.25) is 0 Å². The van der Waals surface area contributed by atoms with Gasteiger partial charge < -0.3 is 5.32 Å². The highest BCUT2D eigenvalue weighted by Gasteiger charge is 2.10. The maximum absolute atomic E-state index is 3.42. The van der Waals surface area contributed by atoms with Crippen molar-refractivity contribution in [3.05, 3.63) is 34.4 Å². The van der Waals surface area contributed by atoms with Gasteiger partial charge in [0.1, 0.15) is 0 Å². The lowest BCUT2D eigenvalue weighted by molar-refractivity contribution is 0.512. The van der Waals surface area contributed by atoms with Crippen LogP contribution in [0.25, 0.3) is 0 Å². The third-order valence-electron chi connectivity index (χ3n) is 3.34. The zero-order valence-electron chi connectivity index (χ0n) is 11.4. The lowest BCUT2D eigenvalue weighted by atomic mass is 9.93. The van der Waals surface area contributed by atoms with E-state index in [9.17, 15) is 0 Å². The predicted octanol–water partition coefficient (Wildman–Crippen LogP) is 3.54. The second-order valence-corrected chi connectivity index (χ2v) is 4.86. The molecule has 0 heterocycles. The van der Waals surface area contributed by atoms with E-state index < -0.39 is 0 Å². The Morgan fingerprint density at radius 3 is 2.12 bits per heavy atom. The van der Waals surface area contributed by atoms with E-state index in [4.69, 9.17) is 0 Å². The van der Waals surface area contributed by atoms with Gasteiger partial charge in [0.25, 0.3) is 0 Å². The van der Waals surface area contributed by atoms with Crippen LogP contribution in [0.1, 0.15) is 42.0 Å². The molecule has 1 unspecified atom stereocenters. The molecule has 1 atom stereocenters. The van der Waals surface area contributed by atoms with Gasteiger partial charge in [-0.2, -0.15) is 0 Å². The van der Waals surface area contributed by atoms with Crippen LogP contribution in [-0.2, 0) is 6.42 Å². The average molecular weight is 219 g/mol. The van der Waals surface area contributed by atoms with Crippen LogP contribution in [0.2, 0.25) is 0 Å². The number of nitrogens with one attached hydrogen (secondary N) is 1. The van der Waals surface area contributed by atoms with E-state index in [0.29, 0.717) is 6.04 Å². The summed E-state index contributed by atoms with van der Waals surface area (Å²) in [5, 5.41) is 3.42. The van der Waals surface area contributed by atoms with Crippen molar-refractivity contribution in [1.29, 1.82) is 0 Å². The predicted molar refractivity (Wildman–Crippen MR) is 72.1 cm³/mol. The van der Waals surface area contributed by atoms with Crippen LogP contribution in [0.3, 0.4) is 0 Å². The van der Waals surface area contributed by atoms with Crippen molar-refractivity contribution in [3.8, 4) is 0 Å². The van der Waals surface area contributed by atoms with Crippen LogP contribution in [0.4, 0.5) is 0 Å². The Labute approximate surface area is 100 Å². The van der Waals surface area contributed by atoms with Crippen LogP contribution >= 0.6 is 0 Å². The highest BCUT2D eigenvalue weighted by Crippen LogP contribution is 2.19. The highest BCUT2D eigenvalue weighted by molar-refractivity contribution is 5.38. The first kappa shape index (κ1) is 13.2. The Morgan fingerprint density at radius 2 is 1.69 bits per heavy atom. The molecule has 16 heavy (non-hydrogen) atoms. The number of rotatable bonds is 5. The minimum absolute atomic E-state index is 0.616. The Kier molecular flexibility index (Phi) is 5.01. The van der Waals surface area contributed by atoms with Crippen LogP contribution in [0, 0.1) is 20.8 Å². The highest BCUT2D eigenvalue weighted by atomic mass is 14.9. The smallest absolute Gasteiger partial charge is 0.0105 e. The summed E-state index contributed by atoms with van der Waals surface area (Å²) in [7, 11) is 2.07. The van der Waals surface area contributed by atoms with Crippen molar-refractivity contribution in [2.75, 3.05) is 7.05 Å². The number of likely N-dealkylation sites (N-methyl/N-ethyl adjacent to an activating group) is 1. The van der Waals surface area contributed by atoms with Gasteiger partial charge in [-0.1, -0.05) is 31.0 Å². The molecule has 0 aromatic heterocycles. The monoisotopic (exact) mass is 219 g/mol. The van der Waals surface area contributed by atoms with E-state index in [0.717, 1.165) is 6.42 Å². The Balaban J connectivity index is 2.87. The first-order valence-corrected chi connectivity index (χ1v) is 6.32. The van der Waals surface area contributed by atoms with Crippen molar-refractivity contribution >= 4 is 0 Å². The van der Waals surface area contributed by atoms with Crippen molar-refractivity contribution in [2.24, 2.45) is 0 Å². The van der Waals surface area contributed by atoms with Crippen molar-refractivity contribution in [2.45, 2.75) is 53.0 Å². The summed E-state index contributed by atoms with van der Waals surface area (Å²) in [6, 6.07) is 5.20. The fraction of sp³-hybridized carbons (Fsp3) is 0.600. The van der Waals surface area contributed by atoms with Gasteiger partial charge in [-0.25, -0.2) is 0 Å². The molecule has 1 heteroatoms. The number of hydrogen-bond acceptors (Lipinski definition) is 1. The lowest BCUT2D eigenvalue weighted by Crippen LogP contribution is -2.27. The molecular weight excluding hydrogens is 194 g/mol. The van der Waals surface area contributed by atoms with Crippen LogP contribution in [0.5, 0.6) is 0 Å².